The van der Waals surface area contributed by atoms with E-state index in [9.17, 15) is 4.79 Å². The van der Waals surface area contributed by atoms with Crippen LogP contribution >= 0.6 is 11.6 Å². The van der Waals surface area contributed by atoms with Gasteiger partial charge < -0.3 is 9.32 Å². The number of halogens is 1. The summed E-state index contributed by atoms with van der Waals surface area (Å²) in [4.78, 5) is 19.7. The Balaban J connectivity index is 1.55. The van der Waals surface area contributed by atoms with Gasteiger partial charge in [0.05, 0.1) is 6.20 Å². The molecule has 0 N–H and O–H groups in total. The van der Waals surface area contributed by atoms with Crippen LogP contribution in [0.4, 0.5) is 0 Å². The normalized spacial score (nSPS) is 17.1. The molecule has 1 amide bonds. The molecular weight excluding hydrogens is 388 g/mol. The fourth-order valence-electron chi connectivity index (χ4n) is 3.84. The monoisotopic (exact) mass is 412 g/mol. The molecule has 3 aromatic rings. The third-order valence-corrected chi connectivity index (χ3v) is 5.54. The summed E-state index contributed by atoms with van der Waals surface area (Å²) in [5.74, 6) is 1.38. The van der Waals surface area contributed by atoms with E-state index >= 15 is 0 Å². The van der Waals surface area contributed by atoms with Crippen molar-refractivity contribution in [2.24, 2.45) is 0 Å². The smallest absolute Gasteiger partial charge is 0.272 e. The lowest BCUT2D eigenvalue weighted by molar-refractivity contribution is 0.0555. The second kappa shape index (κ2) is 8.41. The highest BCUT2D eigenvalue weighted by atomic mass is 35.5. The molecule has 1 aliphatic rings. The van der Waals surface area contributed by atoms with Crippen LogP contribution in [0, 0.1) is 0 Å². The number of amides is 1. The highest BCUT2D eigenvalue weighted by Crippen LogP contribution is 2.32. The summed E-state index contributed by atoms with van der Waals surface area (Å²) in [6.07, 6.45) is 6.97. The van der Waals surface area contributed by atoms with Crippen LogP contribution in [0.25, 0.3) is 0 Å². The number of carbonyl (C=O) groups is 1. The largest absolute Gasteiger partial charge is 0.443 e. The third-order valence-electron chi connectivity index (χ3n) is 5.29. The summed E-state index contributed by atoms with van der Waals surface area (Å²) < 4.78 is 7.85. The minimum absolute atomic E-state index is 0.0154. The van der Waals surface area contributed by atoms with Crippen molar-refractivity contribution in [2.75, 3.05) is 6.54 Å². The summed E-state index contributed by atoms with van der Waals surface area (Å²) in [5.41, 5.74) is 1.72. The quantitative estimate of drug-likeness (QED) is 0.587. The maximum absolute atomic E-state index is 13.3. The van der Waals surface area contributed by atoms with E-state index in [0.29, 0.717) is 29.6 Å². The van der Waals surface area contributed by atoms with Gasteiger partial charge in [-0.25, -0.2) is 4.98 Å². The molecule has 1 fully saturated rings. The van der Waals surface area contributed by atoms with Crippen molar-refractivity contribution < 1.29 is 9.21 Å². The Hall–Kier alpha value is -2.60. The molecule has 7 heteroatoms. The van der Waals surface area contributed by atoms with Gasteiger partial charge in [-0.2, -0.15) is 5.10 Å². The van der Waals surface area contributed by atoms with E-state index in [-0.39, 0.29) is 18.0 Å². The molecule has 0 unspecified atom stereocenters. The van der Waals surface area contributed by atoms with Gasteiger partial charge in [0.1, 0.15) is 17.5 Å². The maximum atomic E-state index is 13.3. The molecule has 1 saturated heterocycles. The lowest BCUT2D eigenvalue weighted by Crippen LogP contribution is -2.39. The molecule has 0 bridgehead atoms. The first-order chi connectivity index (χ1) is 14.0. The van der Waals surface area contributed by atoms with E-state index < -0.39 is 0 Å². The third kappa shape index (κ3) is 4.22. The standard InChI is InChI=1S/C22H25ClN4O2/c1-15(2)27-20(10-11-25-27)22(28)26-12-4-3-5-19(26)21-24-14-18(29-21)13-16-6-8-17(23)9-7-16/h6-11,14-15,19H,3-5,12-13H2,1-2H3/t19-/m1/s1. The predicted octanol–water partition coefficient (Wildman–Crippen LogP) is 5.06. The van der Waals surface area contributed by atoms with Crippen LogP contribution < -0.4 is 0 Å². The van der Waals surface area contributed by atoms with Gasteiger partial charge in [0.2, 0.25) is 5.89 Å². The molecule has 152 valence electrons. The van der Waals surface area contributed by atoms with Crippen LogP contribution in [0.15, 0.2) is 47.1 Å². The zero-order chi connectivity index (χ0) is 20.4. The Morgan fingerprint density at radius 1 is 1.24 bits per heavy atom. The molecule has 3 heterocycles. The Morgan fingerprint density at radius 2 is 2.03 bits per heavy atom. The first kappa shape index (κ1) is 19.7. The first-order valence-corrected chi connectivity index (χ1v) is 10.4. The van der Waals surface area contributed by atoms with Crippen LogP contribution in [0.5, 0.6) is 0 Å². The van der Waals surface area contributed by atoms with Gasteiger partial charge in [-0.3, -0.25) is 9.48 Å². The van der Waals surface area contributed by atoms with Gasteiger partial charge in [0, 0.05) is 30.2 Å². The highest BCUT2D eigenvalue weighted by molar-refractivity contribution is 6.30. The molecule has 0 aliphatic carbocycles. The number of carbonyl (C=O) groups excluding carboxylic acids is 1. The number of hydrogen-bond acceptors (Lipinski definition) is 4. The number of rotatable bonds is 5. The lowest BCUT2D eigenvalue weighted by Gasteiger charge is -2.34. The zero-order valence-electron chi connectivity index (χ0n) is 16.7. The summed E-state index contributed by atoms with van der Waals surface area (Å²) in [6, 6.07) is 9.46. The van der Waals surface area contributed by atoms with Crippen molar-refractivity contribution in [3.63, 3.8) is 0 Å². The average molecular weight is 413 g/mol. The average Bonchev–Trinajstić information content (AvgIpc) is 3.39. The number of piperidine rings is 1. The summed E-state index contributed by atoms with van der Waals surface area (Å²) >= 11 is 5.96. The summed E-state index contributed by atoms with van der Waals surface area (Å²) in [5, 5.41) is 5.02. The van der Waals surface area contributed by atoms with E-state index in [1.807, 2.05) is 43.0 Å². The minimum Gasteiger partial charge on any atom is -0.443 e. The van der Waals surface area contributed by atoms with Crippen molar-refractivity contribution in [1.82, 2.24) is 19.7 Å². The van der Waals surface area contributed by atoms with Crippen LogP contribution in [0.2, 0.25) is 5.02 Å². The molecule has 6 nitrogen and oxygen atoms in total. The van der Waals surface area contributed by atoms with Gasteiger partial charge in [-0.15, -0.1) is 0 Å². The second-order valence-electron chi connectivity index (χ2n) is 7.73. The Morgan fingerprint density at radius 3 is 2.79 bits per heavy atom. The number of likely N-dealkylation sites (tertiary alicyclic amines) is 1. The minimum atomic E-state index is -0.147. The molecule has 1 aliphatic heterocycles. The Kier molecular flexibility index (Phi) is 5.72. The molecule has 0 radical (unpaired) electrons. The van der Waals surface area contributed by atoms with Gasteiger partial charge in [-0.05, 0) is 56.9 Å². The van der Waals surface area contributed by atoms with Gasteiger partial charge >= 0.3 is 0 Å². The van der Waals surface area contributed by atoms with Gasteiger partial charge in [0.25, 0.3) is 5.91 Å². The van der Waals surface area contributed by atoms with Gasteiger partial charge in [0.15, 0.2) is 0 Å². The van der Waals surface area contributed by atoms with Crippen molar-refractivity contribution in [1.29, 1.82) is 0 Å². The maximum Gasteiger partial charge on any atom is 0.272 e. The number of benzene rings is 1. The molecule has 2 aromatic heterocycles. The number of hydrogen-bond donors (Lipinski definition) is 0. The molecule has 1 aromatic carbocycles. The Bertz CT molecular complexity index is 977. The van der Waals surface area contributed by atoms with Crippen molar-refractivity contribution >= 4 is 17.5 Å². The van der Waals surface area contributed by atoms with Crippen LogP contribution in [-0.4, -0.2) is 32.1 Å². The van der Waals surface area contributed by atoms with Crippen LogP contribution in [-0.2, 0) is 6.42 Å². The lowest BCUT2D eigenvalue weighted by atomic mass is 10.0. The van der Waals surface area contributed by atoms with Crippen molar-refractivity contribution in [2.45, 2.75) is 51.6 Å². The van der Waals surface area contributed by atoms with Crippen molar-refractivity contribution in [3.05, 3.63) is 70.7 Å². The van der Waals surface area contributed by atoms with Crippen LogP contribution in [0.3, 0.4) is 0 Å². The molecular formula is C22H25ClN4O2. The number of oxazole rings is 1. The van der Waals surface area contributed by atoms with E-state index in [2.05, 4.69) is 10.1 Å². The topological polar surface area (TPSA) is 64.2 Å². The van der Waals surface area contributed by atoms with E-state index in [1.165, 1.54) is 0 Å². The Labute approximate surface area is 175 Å². The molecule has 0 spiro atoms. The van der Waals surface area contributed by atoms with Crippen LogP contribution in [0.1, 0.15) is 72.9 Å². The zero-order valence-corrected chi connectivity index (χ0v) is 17.5. The molecule has 0 saturated carbocycles. The molecule has 29 heavy (non-hydrogen) atoms. The number of aromatic nitrogens is 3. The van der Waals surface area contributed by atoms with Gasteiger partial charge in [-0.1, -0.05) is 23.7 Å². The van der Waals surface area contributed by atoms with Crippen molar-refractivity contribution in [3.8, 4) is 0 Å². The predicted molar refractivity (Wildman–Crippen MR) is 111 cm³/mol. The molecule has 1 atom stereocenters. The SMILES string of the molecule is CC(C)n1nccc1C(=O)N1CCCC[C@@H]1c1ncc(Cc2ccc(Cl)cc2)o1. The fraction of sp³-hybridized carbons (Fsp3) is 0.409. The fourth-order valence-corrected chi connectivity index (χ4v) is 3.96. The summed E-state index contributed by atoms with van der Waals surface area (Å²) in [7, 11) is 0. The van der Waals surface area contributed by atoms with E-state index in [0.717, 1.165) is 30.6 Å². The second-order valence-corrected chi connectivity index (χ2v) is 8.17. The first-order valence-electron chi connectivity index (χ1n) is 10.1. The molecule has 4 rings (SSSR count). The van der Waals surface area contributed by atoms with E-state index in [1.54, 1.807) is 23.1 Å². The summed E-state index contributed by atoms with van der Waals surface area (Å²) in [6.45, 7) is 4.74. The highest BCUT2D eigenvalue weighted by Gasteiger charge is 2.33. The number of nitrogens with zero attached hydrogens (tertiary/aromatic N) is 4. The van der Waals surface area contributed by atoms with E-state index in [4.69, 9.17) is 16.0 Å².